The third-order valence-electron chi connectivity index (χ3n) is 2.26. The molecule has 15 heavy (non-hydrogen) atoms. The van der Waals surface area contributed by atoms with Crippen LogP contribution in [0.1, 0.15) is 13.3 Å². The van der Waals surface area contributed by atoms with E-state index in [-0.39, 0.29) is 0 Å². The third-order valence-corrected chi connectivity index (χ3v) is 2.26. The third kappa shape index (κ3) is 3.75. The van der Waals surface area contributed by atoms with Gasteiger partial charge >= 0.3 is 0 Å². The highest BCUT2D eigenvalue weighted by Gasteiger charge is 2.04. The van der Waals surface area contributed by atoms with Crippen molar-refractivity contribution in [1.82, 2.24) is 10.3 Å². The standard InChI is InChI=1S/C11H20N4/c1-3-7-15(8-6-13-2)10-4-5-11(12)14-9-10/h4-5,9,13H,3,6-8H2,1-2H3,(H2,12,14). The summed E-state index contributed by atoms with van der Waals surface area (Å²) in [6, 6.07) is 3.87. The number of rotatable bonds is 6. The second-order valence-corrected chi connectivity index (χ2v) is 3.53. The number of nitrogen functional groups attached to an aromatic ring is 1. The van der Waals surface area contributed by atoms with Crippen LogP contribution in [-0.4, -0.2) is 31.7 Å². The van der Waals surface area contributed by atoms with Crippen LogP contribution >= 0.6 is 0 Å². The molecule has 3 N–H and O–H groups in total. The Labute approximate surface area is 91.5 Å². The minimum absolute atomic E-state index is 0.573. The quantitative estimate of drug-likeness (QED) is 0.735. The monoisotopic (exact) mass is 208 g/mol. The average molecular weight is 208 g/mol. The van der Waals surface area contributed by atoms with E-state index in [1.54, 1.807) is 0 Å². The van der Waals surface area contributed by atoms with Gasteiger partial charge in [0.25, 0.3) is 0 Å². The fraction of sp³-hybridized carbons (Fsp3) is 0.545. The highest BCUT2D eigenvalue weighted by molar-refractivity contribution is 5.47. The highest BCUT2D eigenvalue weighted by Crippen LogP contribution is 2.13. The van der Waals surface area contributed by atoms with Crippen molar-refractivity contribution < 1.29 is 0 Å². The lowest BCUT2D eigenvalue weighted by Crippen LogP contribution is -2.31. The molecule has 1 heterocycles. The Kier molecular flexibility index (Phi) is 4.90. The van der Waals surface area contributed by atoms with Crippen molar-refractivity contribution >= 4 is 11.5 Å². The number of pyridine rings is 1. The van der Waals surface area contributed by atoms with Crippen molar-refractivity contribution in [2.75, 3.05) is 37.3 Å². The molecule has 4 nitrogen and oxygen atoms in total. The fourth-order valence-corrected chi connectivity index (χ4v) is 1.47. The number of nitrogens with one attached hydrogen (secondary N) is 1. The Morgan fingerprint density at radius 1 is 1.40 bits per heavy atom. The topological polar surface area (TPSA) is 54.2 Å². The maximum absolute atomic E-state index is 5.56. The van der Waals surface area contributed by atoms with Crippen LogP contribution in [-0.2, 0) is 0 Å². The van der Waals surface area contributed by atoms with Gasteiger partial charge in [-0.3, -0.25) is 0 Å². The molecule has 0 aromatic carbocycles. The van der Waals surface area contributed by atoms with Gasteiger partial charge in [0.05, 0.1) is 11.9 Å². The van der Waals surface area contributed by atoms with Crippen molar-refractivity contribution in [1.29, 1.82) is 0 Å². The van der Waals surface area contributed by atoms with Crippen LogP contribution in [0.2, 0.25) is 0 Å². The Hall–Kier alpha value is -1.29. The average Bonchev–Trinajstić information content (AvgIpc) is 2.25. The largest absolute Gasteiger partial charge is 0.384 e. The first-order valence-electron chi connectivity index (χ1n) is 5.39. The highest BCUT2D eigenvalue weighted by atomic mass is 15.1. The van der Waals surface area contributed by atoms with E-state index in [1.807, 2.05) is 25.4 Å². The number of likely N-dealkylation sites (N-methyl/N-ethyl adjacent to an activating group) is 1. The van der Waals surface area contributed by atoms with Gasteiger partial charge in [-0.15, -0.1) is 0 Å². The number of nitrogens with two attached hydrogens (primary N) is 1. The van der Waals surface area contributed by atoms with E-state index in [9.17, 15) is 0 Å². The summed E-state index contributed by atoms with van der Waals surface area (Å²) in [5.41, 5.74) is 6.70. The van der Waals surface area contributed by atoms with Gasteiger partial charge in [-0.25, -0.2) is 4.98 Å². The summed E-state index contributed by atoms with van der Waals surface area (Å²) < 4.78 is 0. The molecule has 84 valence electrons. The molecule has 0 bridgehead atoms. The molecule has 1 aromatic heterocycles. The van der Waals surface area contributed by atoms with E-state index in [1.165, 1.54) is 0 Å². The van der Waals surface area contributed by atoms with Crippen LogP contribution in [0, 0.1) is 0 Å². The van der Waals surface area contributed by atoms with Gasteiger partial charge in [0.15, 0.2) is 0 Å². The Bertz CT molecular complexity index is 270. The molecule has 4 heteroatoms. The Balaban J connectivity index is 2.65. The molecule has 0 atom stereocenters. The number of hydrogen-bond acceptors (Lipinski definition) is 4. The summed E-state index contributed by atoms with van der Waals surface area (Å²) in [7, 11) is 1.96. The van der Waals surface area contributed by atoms with Crippen molar-refractivity contribution in [3.05, 3.63) is 18.3 Å². The minimum Gasteiger partial charge on any atom is -0.384 e. The molecule has 0 aliphatic heterocycles. The van der Waals surface area contributed by atoms with Gasteiger partial charge in [0.1, 0.15) is 5.82 Å². The zero-order valence-corrected chi connectivity index (χ0v) is 9.53. The van der Waals surface area contributed by atoms with Crippen molar-refractivity contribution in [3.8, 4) is 0 Å². The van der Waals surface area contributed by atoms with Gasteiger partial charge in [-0.05, 0) is 25.6 Å². The maximum atomic E-state index is 5.56. The van der Waals surface area contributed by atoms with Crippen LogP contribution in [0.25, 0.3) is 0 Å². The lowest BCUT2D eigenvalue weighted by atomic mass is 10.3. The summed E-state index contributed by atoms with van der Waals surface area (Å²) in [6.45, 7) is 5.20. The lowest BCUT2D eigenvalue weighted by molar-refractivity contribution is 0.709. The van der Waals surface area contributed by atoms with Crippen molar-refractivity contribution in [2.45, 2.75) is 13.3 Å². The van der Waals surface area contributed by atoms with Crippen LogP contribution in [0.15, 0.2) is 18.3 Å². The summed E-state index contributed by atoms with van der Waals surface area (Å²) in [6.07, 6.45) is 2.97. The molecule has 0 unspecified atom stereocenters. The molecule has 0 radical (unpaired) electrons. The molecular weight excluding hydrogens is 188 g/mol. The number of hydrogen-bond donors (Lipinski definition) is 2. The van der Waals surface area contributed by atoms with Gasteiger partial charge in [0.2, 0.25) is 0 Å². The number of aromatic nitrogens is 1. The van der Waals surface area contributed by atoms with Crippen LogP contribution in [0.5, 0.6) is 0 Å². The number of nitrogens with zero attached hydrogens (tertiary/aromatic N) is 2. The fourth-order valence-electron chi connectivity index (χ4n) is 1.47. The molecule has 0 saturated carbocycles. The normalized spacial score (nSPS) is 10.3. The zero-order chi connectivity index (χ0) is 11.1. The van der Waals surface area contributed by atoms with E-state index in [2.05, 4.69) is 22.1 Å². The van der Waals surface area contributed by atoms with Gasteiger partial charge < -0.3 is 16.0 Å². The molecule has 0 amide bonds. The SMILES string of the molecule is CCCN(CCNC)c1ccc(N)nc1. The maximum Gasteiger partial charge on any atom is 0.123 e. The predicted molar refractivity (Wildman–Crippen MR) is 65.1 cm³/mol. The summed E-state index contributed by atoms with van der Waals surface area (Å²) in [4.78, 5) is 6.41. The van der Waals surface area contributed by atoms with Gasteiger partial charge in [0, 0.05) is 19.6 Å². The molecule has 1 aromatic rings. The van der Waals surface area contributed by atoms with E-state index >= 15 is 0 Å². The second kappa shape index (κ2) is 6.24. The summed E-state index contributed by atoms with van der Waals surface area (Å²) in [5, 5.41) is 3.15. The molecule has 0 spiro atoms. The zero-order valence-electron chi connectivity index (χ0n) is 9.53. The number of anilines is 2. The molecule has 0 aliphatic carbocycles. The first-order chi connectivity index (χ1) is 7.27. The van der Waals surface area contributed by atoms with E-state index in [0.29, 0.717) is 5.82 Å². The van der Waals surface area contributed by atoms with E-state index in [0.717, 1.165) is 31.7 Å². The van der Waals surface area contributed by atoms with E-state index in [4.69, 9.17) is 5.73 Å². The summed E-state index contributed by atoms with van der Waals surface area (Å²) >= 11 is 0. The smallest absolute Gasteiger partial charge is 0.123 e. The lowest BCUT2D eigenvalue weighted by Gasteiger charge is -2.23. The Morgan fingerprint density at radius 2 is 2.20 bits per heavy atom. The van der Waals surface area contributed by atoms with Crippen LogP contribution < -0.4 is 16.0 Å². The van der Waals surface area contributed by atoms with Gasteiger partial charge in [-0.2, -0.15) is 0 Å². The second-order valence-electron chi connectivity index (χ2n) is 3.53. The van der Waals surface area contributed by atoms with Crippen LogP contribution in [0.3, 0.4) is 0 Å². The van der Waals surface area contributed by atoms with Crippen molar-refractivity contribution in [3.63, 3.8) is 0 Å². The first kappa shape index (κ1) is 11.8. The molecule has 1 rings (SSSR count). The molecule has 0 aliphatic rings. The van der Waals surface area contributed by atoms with Crippen LogP contribution in [0.4, 0.5) is 11.5 Å². The minimum atomic E-state index is 0.573. The van der Waals surface area contributed by atoms with Gasteiger partial charge in [-0.1, -0.05) is 6.92 Å². The summed E-state index contributed by atoms with van der Waals surface area (Å²) in [5.74, 6) is 0.573. The molecule has 0 saturated heterocycles. The first-order valence-corrected chi connectivity index (χ1v) is 5.39. The Morgan fingerprint density at radius 3 is 2.73 bits per heavy atom. The predicted octanol–water partition coefficient (Wildman–Crippen LogP) is 1.10. The van der Waals surface area contributed by atoms with E-state index < -0.39 is 0 Å². The van der Waals surface area contributed by atoms with Crippen molar-refractivity contribution in [2.24, 2.45) is 0 Å². The molecule has 0 fully saturated rings. The molecular formula is C11H20N4.